The summed E-state index contributed by atoms with van der Waals surface area (Å²) in [7, 11) is 0. The fraction of sp³-hybridized carbons (Fsp3) is 0.522. The van der Waals surface area contributed by atoms with E-state index in [2.05, 4.69) is 38.4 Å². The molecule has 166 valence electrons. The molecule has 1 aromatic carbocycles. The van der Waals surface area contributed by atoms with Gasteiger partial charge in [-0.25, -0.2) is 9.78 Å². The first-order valence-electron chi connectivity index (χ1n) is 10.8. The Kier molecular flexibility index (Phi) is 5.77. The number of carbonyl (C=O) groups is 1. The molecule has 1 atom stereocenters. The van der Waals surface area contributed by atoms with E-state index in [1.807, 2.05) is 33.8 Å². The van der Waals surface area contributed by atoms with Crippen LogP contribution in [0.1, 0.15) is 56.5 Å². The lowest BCUT2D eigenvalue weighted by atomic mass is 9.73. The van der Waals surface area contributed by atoms with Crippen molar-refractivity contribution in [3.8, 4) is 0 Å². The maximum atomic E-state index is 12.6. The van der Waals surface area contributed by atoms with Crippen LogP contribution in [-0.4, -0.2) is 44.8 Å². The van der Waals surface area contributed by atoms with Crippen LogP contribution >= 0.6 is 11.8 Å². The SMILES string of the molecule is Cc1cnc(SC(=N)N2CCC3(CC2)Cc2ccccc2[C@H]3NC(=O)OC(C)(C)C)[nH]1. The van der Waals surface area contributed by atoms with Gasteiger partial charge in [0, 0.05) is 30.4 Å². The van der Waals surface area contributed by atoms with Crippen LogP contribution in [0.25, 0.3) is 0 Å². The molecular weight excluding hydrogens is 410 g/mol. The predicted molar refractivity (Wildman–Crippen MR) is 122 cm³/mol. The van der Waals surface area contributed by atoms with Crippen LogP contribution in [0.3, 0.4) is 0 Å². The number of thioether (sulfide) groups is 1. The third-order valence-electron chi connectivity index (χ3n) is 6.10. The predicted octanol–water partition coefficient (Wildman–Crippen LogP) is 4.65. The number of rotatable bonds is 2. The highest BCUT2D eigenvalue weighted by molar-refractivity contribution is 8.13. The van der Waals surface area contributed by atoms with E-state index >= 15 is 0 Å². The molecule has 8 heteroatoms. The molecule has 0 bridgehead atoms. The average molecular weight is 442 g/mol. The van der Waals surface area contributed by atoms with Crippen molar-refractivity contribution < 1.29 is 9.53 Å². The Morgan fingerprint density at radius 3 is 2.68 bits per heavy atom. The number of carbonyl (C=O) groups excluding carboxylic acids is 1. The molecule has 1 aliphatic heterocycles. The van der Waals surface area contributed by atoms with Crippen molar-refractivity contribution in [2.45, 2.75) is 63.8 Å². The largest absolute Gasteiger partial charge is 0.444 e. The number of benzene rings is 1. The molecule has 1 fully saturated rings. The number of likely N-dealkylation sites (tertiary alicyclic amines) is 1. The number of ether oxygens (including phenoxy) is 1. The summed E-state index contributed by atoms with van der Waals surface area (Å²) >= 11 is 1.36. The van der Waals surface area contributed by atoms with Gasteiger partial charge in [0.2, 0.25) is 0 Å². The van der Waals surface area contributed by atoms with Crippen LogP contribution in [0.2, 0.25) is 0 Å². The number of nitrogens with one attached hydrogen (secondary N) is 3. The number of amidine groups is 1. The molecule has 1 saturated heterocycles. The quantitative estimate of drug-likeness (QED) is 0.358. The van der Waals surface area contributed by atoms with E-state index in [9.17, 15) is 4.79 Å². The van der Waals surface area contributed by atoms with Crippen LogP contribution in [0.15, 0.2) is 35.6 Å². The molecule has 31 heavy (non-hydrogen) atoms. The number of aromatic amines is 1. The third kappa shape index (κ3) is 4.74. The minimum Gasteiger partial charge on any atom is -0.444 e. The Morgan fingerprint density at radius 1 is 1.32 bits per heavy atom. The molecule has 7 nitrogen and oxygen atoms in total. The minimum absolute atomic E-state index is 0.0523. The number of piperidine rings is 1. The smallest absolute Gasteiger partial charge is 0.408 e. The van der Waals surface area contributed by atoms with E-state index in [0.717, 1.165) is 43.2 Å². The monoisotopic (exact) mass is 441 g/mol. The summed E-state index contributed by atoms with van der Waals surface area (Å²) in [6, 6.07) is 8.31. The Bertz CT molecular complexity index is 972. The maximum absolute atomic E-state index is 12.6. The van der Waals surface area contributed by atoms with Crippen LogP contribution in [-0.2, 0) is 11.2 Å². The number of aryl methyl sites for hydroxylation is 1. The van der Waals surface area contributed by atoms with E-state index < -0.39 is 5.60 Å². The second kappa shape index (κ2) is 8.22. The van der Waals surface area contributed by atoms with E-state index in [0.29, 0.717) is 5.17 Å². The summed E-state index contributed by atoms with van der Waals surface area (Å²) < 4.78 is 5.57. The zero-order chi connectivity index (χ0) is 22.2. The summed E-state index contributed by atoms with van der Waals surface area (Å²) in [4.78, 5) is 22.2. The van der Waals surface area contributed by atoms with Gasteiger partial charge in [-0.3, -0.25) is 5.41 Å². The highest BCUT2D eigenvalue weighted by atomic mass is 32.2. The summed E-state index contributed by atoms with van der Waals surface area (Å²) in [6.07, 6.45) is 4.16. The summed E-state index contributed by atoms with van der Waals surface area (Å²) in [6.45, 7) is 9.17. The lowest BCUT2D eigenvalue weighted by Gasteiger charge is -2.44. The molecule has 0 saturated carbocycles. The second-order valence-corrected chi connectivity index (χ2v) is 10.6. The summed E-state index contributed by atoms with van der Waals surface area (Å²) in [5, 5.41) is 13.0. The van der Waals surface area contributed by atoms with Crippen molar-refractivity contribution in [1.29, 1.82) is 5.41 Å². The molecule has 0 unspecified atom stereocenters. The minimum atomic E-state index is -0.532. The Labute approximate surface area is 187 Å². The van der Waals surface area contributed by atoms with Crippen molar-refractivity contribution in [1.82, 2.24) is 20.2 Å². The van der Waals surface area contributed by atoms with E-state index in [1.54, 1.807) is 6.20 Å². The summed E-state index contributed by atoms with van der Waals surface area (Å²) in [5.41, 5.74) is 2.90. The molecule has 0 radical (unpaired) electrons. The first-order valence-corrected chi connectivity index (χ1v) is 11.6. The fourth-order valence-corrected chi connectivity index (χ4v) is 5.47. The van der Waals surface area contributed by atoms with Gasteiger partial charge in [0.05, 0.1) is 6.04 Å². The van der Waals surface area contributed by atoms with Gasteiger partial charge in [0.15, 0.2) is 10.3 Å². The van der Waals surface area contributed by atoms with Crippen LogP contribution in [0, 0.1) is 17.7 Å². The van der Waals surface area contributed by atoms with Crippen molar-refractivity contribution in [2.24, 2.45) is 5.41 Å². The highest BCUT2D eigenvalue weighted by Gasteiger charge is 2.48. The van der Waals surface area contributed by atoms with Crippen molar-refractivity contribution in [3.63, 3.8) is 0 Å². The number of fused-ring (bicyclic) bond motifs is 1. The lowest BCUT2D eigenvalue weighted by Crippen LogP contribution is -2.48. The molecule has 1 aromatic heterocycles. The molecule has 2 heterocycles. The Hall–Kier alpha value is -2.48. The topological polar surface area (TPSA) is 94.1 Å². The van der Waals surface area contributed by atoms with E-state index in [1.165, 1.54) is 22.9 Å². The number of amides is 1. The molecular formula is C23H31N5O2S. The molecule has 1 amide bonds. The highest BCUT2D eigenvalue weighted by Crippen LogP contribution is 2.52. The second-order valence-electron chi connectivity index (χ2n) is 9.58. The number of imidazole rings is 1. The van der Waals surface area contributed by atoms with Gasteiger partial charge in [-0.1, -0.05) is 24.3 Å². The Balaban J connectivity index is 1.47. The van der Waals surface area contributed by atoms with Gasteiger partial charge in [-0.15, -0.1) is 0 Å². The van der Waals surface area contributed by atoms with Gasteiger partial charge >= 0.3 is 6.09 Å². The number of alkyl carbamates (subject to hydrolysis) is 1. The van der Waals surface area contributed by atoms with Crippen LogP contribution in [0.4, 0.5) is 4.79 Å². The molecule has 3 N–H and O–H groups in total. The van der Waals surface area contributed by atoms with Gasteiger partial charge in [0.25, 0.3) is 0 Å². The molecule has 4 rings (SSSR count). The van der Waals surface area contributed by atoms with Gasteiger partial charge < -0.3 is 19.9 Å². The number of H-pyrrole nitrogens is 1. The van der Waals surface area contributed by atoms with Crippen molar-refractivity contribution in [3.05, 3.63) is 47.3 Å². The average Bonchev–Trinajstić information content (AvgIpc) is 3.22. The van der Waals surface area contributed by atoms with E-state index in [4.69, 9.17) is 10.1 Å². The first kappa shape index (κ1) is 21.7. The third-order valence-corrected chi connectivity index (χ3v) is 6.95. The fourth-order valence-electron chi connectivity index (χ4n) is 4.66. The zero-order valence-corrected chi connectivity index (χ0v) is 19.4. The molecule has 1 aliphatic carbocycles. The standard InChI is InChI=1S/C23H31N5O2S/c1-15-14-25-20(26-15)31-19(24)28-11-9-23(10-12-28)13-16-7-5-6-8-17(16)18(23)27-21(29)30-22(2,3)4/h5-8,14,18,24H,9-13H2,1-4H3,(H,25,26)(H,27,29)/t18-/m1/s1. The van der Waals surface area contributed by atoms with Gasteiger partial charge in [-0.2, -0.15) is 0 Å². The maximum Gasteiger partial charge on any atom is 0.408 e. The number of nitrogens with zero attached hydrogens (tertiary/aromatic N) is 2. The van der Waals surface area contributed by atoms with E-state index in [-0.39, 0.29) is 17.6 Å². The summed E-state index contributed by atoms with van der Waals surface area (Å²) in [5.74, 6) is 0. The first-order chi connectivity index (χ1) is 14.7. The molecule has 2 aliphatic rings. The zero-order valence-electron chi connectivity index (χ0n) is 18.6. The Morgan fingerprint density at radius 2 is 2.03 bits per heavy atom. The normalized spacial score (nSPS) is 19.9. The molecule has 2 aromatic rings. The van der Waals surface area contributed by atoms with Gasteiger partial charge in [-0.05, 0) is 69.8 Å². The van der Waals surface area contributed by atoms with Crippen molar-refractivity contribution >= 4 is 23.0 Å². The number of hydrogen-bond donors (Lipinski definition) is 3. The van der Waals surface area contributed by atoms with Crippen LogP contribution < -0.4 is 5.32 Å². The van der Waals surface area contributed by atoms with Gasteiger partial charge in [0.1, 0.15) is 5.60 Å². The number of hydrogen-bond acceptors (Lipinski definition) is 5. The molecule has 1 spiro atoms. The van der Waals surface area contributed by atoms with Crippen LogP contribution in [0.5, 0.6) is 0 Å². The lowest BCUT2D eigenvalue weighted by molar-refractivity contribution is 0.0393. The number of aromatic nitrogens is 2. The van der Waals surface area contributed by atoms with Crippen molar-refractivity contribution in [2.75, 3.05) is 13.1 Å².